The number of rotatable bonds is 3. The molecule has 2 rings (SSSR count). The molecule has 1 N–H and O–H groups in total. The highest BCUT2D eigenvalue weighted by Gasteiger charge is 2.37. The van der Waals surface area contributed by atoms with E-state index in [0.717, 1.165) is 25.6 Å². The van der Waals surface area contributed by atoms with Gasteiger partial charge in [0.1, 0.15) is 5.75 Å². The fourth-order valence-corrected chi connectivity index (χ4v) is 2.93. The highest BCUT2D eigenvalue weighted by Crippen LogP contribution is 2.41. The van der Waals surface area contributed by atoms with E-state index in [1.165, 1.54) is 0 Å². The molecular formula is C16H22F3NO. The molecule has 2 nitrogen and oxygen atoms in total. The second kappa shape index (κ2) is 6.26. The molecule has 2 atom stereocenters. The Balaban J connectivity index is 2.40. The van der Waals surface area contributed by atoms with Gasteiger partial charge in [-0.25, -0.2) is 0 Å². The van der Waals surface area contributed by atoms with Crippen LogP contribution in [0.4, 0.5) is 13.2 Å². The Morgan fingerprint density at radius 1 is 1.29 bits per heavy atom. The van der Waals surface area contributed by atoms with Crippen LogP contribution >= 0.6 is 0 Å². The lowest BCUT2D eigenvalue weighted by molar-refractivity contribution is -0.138. The van der Waals surface area contributed by atoms with E-state index < -0.39 is 11.7 Å². The average Bonchev–Trinajstić information content (AvgIpc) is 2.38. The van der Waals surface area contributed by atoms with Crippen LogP contribution in [0.1, 0.15) is 44.2 Å². The van der Waals surface area contributed by atoms with Gasteiger partial charge in [0, 0.05) is 0 Å². The lowest BCUT2D eigenvalue weighted by Gasteiger charge is -2.32. The van der Waals surface area contributed by atoms with Crippen molar-refractivity contribution >= 4 is 0 Å². The Morgan fingerprint density at radius 2 is 2.00 bits per heavy atom. The number of piperidine rings is 1. The topological polar surface area (TPSA) is 21.3 Å². The van der Waals surface area contributed by atoms with Crippen LogP contribution in [0.5, 0.6) is 5.75 Å². The normalized spacial score (nSPS) is 23.4. The Bertz CT molecular complexity index is 485. The molecule has 118 valence electrons. The first kappa shape index (κ1) is 16.1. The average molecular weight is 301 g/mol. The first-order chi connectivity index (χ1) is 9.79. The minimum Gasteiger partial charge on any atom is -0.491 e. The fraction of sp³-hybridized carbons (Fsp3) is 0.625. The molecule has 1 aliphatic heterocycles. The number of hydrogen-bond donors (Lipinski definition) is 1. The summed E-state index contributed by atoms with van der Waals surface area (Å²) in [5, 5.41) is 3.22. The number of nitrogens with one attached hydrogen (secondary N) is 1. The second-order valence-corrected chi connectivity index (χ2v) is 5.99. The van der Waals surface area contributed by atoms with Crippen LogP contribution in [0, 0.1) is 5.92 Å². The first-order valence-electron chi connectivity index (χ1n) is 7.37. The van der Waals surface area contributed by atoms with Gasteiger partial charge < -0.3 is 10.1 Å². The van der Waals surface area contributed by atoms with Crippen molar-refractivity contribution in [1.29, 1.82) is 0 Å². The third-order valence-electron chi connectivity index (χ3n) is 3.89. The van der Waals surface area contributed by atoms with E-state index in [1.54, 1.807) is 26.0 Å². The Hall–Kier alpha value is -1.23. The van der Waals surface area contributed by atoms with Crippen LogP contribution in [0.2, 0.25) is 0 Å². The van der Waals surface area contributed by atoms with Gasteiger partial charge in [-0.15, -0.1) is 0 Å². The molecule has 0 bridgehead atoms. The number of ether oxygens (including phenoxy) is 1. The molecule has 1 aromatic rings. The highest BCUT2D eigenvalue weighted by atomic mass is 19.4. The van der Waals surface area contributed by atoms with Crippen molar-refractivity contribution in [2.24, 2.45) is 5.92 Å². The molecule has 0 amide bonds. The van der Waals surface area contributed by atoms with Crippen LogP contribution in [0.3, 0.4) is 0 Å². The summed E-state index contributed by atoms with van der Waals surface area (Å²) in [6, 6.07) is 4.39. The largest absolute Gasteiger partial charge is 0.491 e. The van der Waals surface area contributed by atoms with Crippen molar-refractivity contribution in [2.75, 3.05) is 13.1 Å². The molecule has 1 saturated heterocycles. The van der Waals surface area contributed by atoms with E-state index in [2.05, 4.69) is 5.32 Å². The van der Waals surface area contributed by atoms with E-state index in [-0.39, 0.29) is 23.7 Å². The first-order valence-corrected chi connectivity index (χ1v) is 7.37. The van der Waals surface area contributed by atoms with Crippen molar-refractivity contribution in [3.8, 4) is 5.75 Å². The fourth-order valence-electron chi connectivity index (χ4n) is 2.93. The zero-order chi connectivity index (χ0) is 15.6. The summed E-state index contributed by atoms with van der Waals surface area (Å²) in [7, 11) is 0. The number of benzene rings is 1. The Morgan fingerprint density at radius 3 is 2.57 bits per heavy atom. The van der Waals surface area contributed by atoms with Crippen molar-refractivity contribution < 1.29 is 17.9 Å². The Labute approximate surface area is 123 Å². The number of hydrogen-bond acceptors (Lipinski definition) is 2. The van der Waals surface area contributed by atoms with Crippen LogP contribution in [0.25, 0.3) is 0 Å². The maximum Gasteiger partial charge on any atom is 0.416 e. The molecule has 21 heavy (non-hydrogen) atoms. The maximum absolute atomic E-state index is 13.4. The molecule has 5 heteroatoms. The summed E-state index contributed by atoms with van der Waals surface area (Å²) in [5.74, 6) is 0.412. The Kier molecular flexibility index (Phi) is 4.81. The molecular weight excluding hydrogens is 279 g/mol. The quantitative estimate of drug-likeness (QED) is 0.903. The van der Waals surface area contributed by atoms with Gasteiger partial charge in [-0.05, 0) is 62.9 Å². The maximum atomic E-state index is 13.4. The van der Waals surface area contributed by atoms with Crippen LogP contribution in [-0.4, -0.2) is 19.2 Å². The second-order valence-electron chi connectivity index (χ2n) is 5.99. The van der Waals surface area contributed by atoms with E-state index in [4.69, 9.17) is 4.74 Å². The third-order valence-corrected chi connectivity index (χ3v) is 3.89. The monoisotopic (exact) mass is 301 g/mol. The molecule has 1 aliphatic rings. The lowest BCUT2D eigenvalue weighted by atomic mass is 9.80. The number of alkyl halides is 3. The summed E-state index contributed by atoms with van der Waals surface area (Å²) >= 11 is 0. The predicted molar refractivity (Wildman–Crippen MR) is 76.6 cm³/mol. The van der Waals surface area contributed by atoms with Gasteiger partial charge in [0.05, 0.1) is 11.7 Å². The molecule has 1 fully saturated rings. The van der Waals surface area contributed by atoms with Gasteiger partial charge in [0.15, 0.2) is 0 Å². The standard InChI is InChI=1S/C16H22F3NO/c1-10(2)21-12-4-5-14(15(8-12)16(17,18)19)13-6-7-20-9-11(13)3/h4-5,8,10-11,13,20H,6-7,9H2,1-3H3/t11-,13+/m1/s1. The van der Waals surface area contributed by atoms with Crippen molar-refractivity contribution in [1.82, 2.24) is 5.32 Å². The van der Waals surface area contributed by atoms with Gasteiger partial charge in [-0.3, -0.25) is 0 Å². The zero-order valence-corrected chi connectivity index (χ0v) is 12.6. The molecule has 1 heterocycles. The van der Waals surface area contributed by atoms with Crippen LogP contribution in [-0.2, 0) is 6.18 Å². The van der Waals surface area contributed by atoms with E-state index in [9.17, 15) is 13.2 Å². The predicted octanol–water partition coefficient (Wildman–Crippen LogP) is 4.21. The van der Waals surface area contributed by atoms with Crippen LogP contribution < -0.4 is 10.1 Å². The van der Waals surface area contributed by atoms with E-state index in [0.29, 0.717) is 5.56 Å². The van der Waals surface area contributed by atoms with Gasteiger partial charge in [0.2, 0.25) is 0 Å². The smallest absolute Gasteiger partial charge is 0.416 e. The molecule has 0 aliphatic carbocycles. The van der Waals surface area contributed by atoms with Gasteiger partial charge >= 0.3 is 6.18 Å². The molecule has 1 aromatic carbocycles. The summed E-state index contributed by atoms with van der Waals surface area (Å²) in [6.07, 6.45) is -3.76. The molecule has 0 unspecified atom stereocenters. The van der Waals surface area contributed by atoms with Gasteiger partial charge in [0.25, 0.3) is 0 Å². The van der Waals surface area contributed by atoms with Crippen molar-refractivity contribution in [3.05, 3.63) is 29.3 Å². The van der Waals surface area contributed by atoms with Crippen molar-refractivity contribution in [2.45, 2.75) is 45.4 Å². The SMILES string of the molecule is CC(C)Oc1ccc([C@H]2CCNC[C@H]2C)c(C(F)(F)F)c1. The number of halogens is 3. The van der Waals surface area contributed by atoms with E-state index in [1.807, 2.05) is 6.92 Å². The van der Waals surface area contributed by atoms with E-state index >= 15 is 0 Å². The van der Waals surface area contributed by atoms with Gasteiger partial charge in [-0.2, -0.15) is 13.2 Å². The molecule has 0 radical (unpaired) electrons. The minimum absolute atomic E-state index is 0.0593. The zero-order valence-electron chi connectivity index (χ0n) is 12.6. The molecule has 0 spiro atoms. The van der Waals surface area contributed by atoms with Gasteiger partial charge in [-0.1, -0.05) is 13.0 Å². The van der Waals surface area contributed by atoms with Crippen molar-refractivity contribution in [3.63, 3.8) is 0 Å². The third kappa shape index (κ3) is 3.90. The summed E-state index contributed by atoms with van der Waals surface area (Å²) < 4.78 is 45.5. The molecule has 0 saturated carbocycles. The summed E-state index contributed by atoms with van der Waals surface area (Å²) in [6.45, 7) is 7.12. The summed E-state index contributed by atoms with van der Waals surface area (Å²) in [4.78, 5) is 0. The molecule has 0 aromatic heterocycles. The highest BCUT2D eigenvalue weighted by molar-refractivity contribution is 5.40. The lowest BCUT2D eigenvalue weighted by Crippen LogP contribution is -2.34. The summed E-state index contributed by atoms with van der Waals surface area (Å²) in [5.41, 5.74) is -0.160. The minimum atomic E-state index is -4.35. The van der Waals surface area contributed by atoms with Crippen LogP contribution in [0.15, 0.2) is 18.2 Å².